The first-order chi connectivity index (χ1) is 22.4. The van der Waals surface area contributed by atoms with Crippen LogP contribution in [0.15, 0.2) is 40.9 Å². The summed E-state index contributed by atoms with van der Waals surface area (Å²) < 4.78 is 6.63. The van der Waals surface area contributed by atoms with Gasteiger partial charge in [0.2, 0.25) is 29.5 Å². The molecule has 5 amide bonds. The van der Waals surface area contributed by atoms with Gasteiger partial charge in [-0.3, -0.25) is 24.0 Å². The summed E-state index contributed by atoms with van der Waals surface area (Å²) in [5.41, 5.74) is 1.36. The molecule has 0 unspecified atom stereocenters. The van der Waals surface area contributed by atoms with Gasteiger partial charge in [0.05, 0.1) is 24.7 Å². The SMILES string of the molecule is Cc1cc(CC(=O)N2CCCNC(=O)Cn3nc(-c4ccccc4)nc3[C@H](C)NC(=O)[C@@H](CC(C)C)NC(=O)[C@@H](C)NC(=O)C2)on1. The van der Waals surface area contributed by atoms with Crippen LogP contribution in [0.25, 0.3) is 11.4 Å². The summed E-state index contributed by atoms with van der Waals surface area (Å²) in [5, 5.41) is 19.5. The molecular formula is C32H43N9O6. The minimum atomic E-state index is -0.992. The van der Waals surface area contributed by atoms with Crippen LogP contribution in [0.5, 0.6) is 0 Å². The van der Waals surface area contributed by atoms with Crippen LogP contribution in [0, 0.1) is 12.8 Å². The molecule has 1 aliphatic heterocycles. The van der Waals surface area contributed by atoms with Crippen LogP contribution < -0.4 is 21.3 Å². The van der Waals surface area contributed by atoms with Gasteiger partial charge in [0.25, 0.3) is 0 Å². The molecule has 15 nitrogen and oxygen atoms in total. The lowest BCUT2D eigenvalue weighted by atomic mass is 10.0. The van der Waals surface area contributed by atoms with Gasteiger partial charge in [0.15, 0.2) is 5.82 Å². The molecule has 0 saturated heterocycles. The predicted octanol–water partition coefficient (Wildman–Crippen LogP) is 1.05. The number of carbonyl (C=O) groups is 5. The Hall–Kier alpha value is -5.08. The molecule has 0 spiro atoms. The molecule has 3 heterocycles. The fourth-order valence-electron chi connectivity index (χ4n) is 5.15. The van der Waals surface area contributed by atoms with Crippen LogP contribution in [0.4, 0.5) is 0 Å². The Kier molecular flexibility index (Phi) is 11.8. The van der Waals surface area contributed by atoms with Gasteiger partial charge in [-0.05, 0) is 39.5 Å². The fourth-order valence-corrected chi connectivity index (χ4v) is 5.15. The van der Waals surface area contributed by atoms with E-state index in [0.29, 0.717) is 35.9 Å². The summed E-state index contributed by atoms with van der Waals surface area (Å²) >= 11 is 0. The van der Waals surface area contributed by atoms with Crippen molar-refractivity contribution in [2.75, 3.05) is 19.6 Å². The molecule has 252 valence electrons. The average Bonchev–Trinajstić information content (AvgIpc) is 3.63. The van der Waals surface area contributed by atoms with Crippen molar-refractivity contribution < 1.29 is 28.5 Å². The standard InChI is InChI=1S/C32H43N9O6/c1-19(2)14-25-32(46)35-21(4)30-37-29(23-10-7-6-8-11-23)38-41(30)18-26(42)33-12-9-13-40(17-27(43)34-22(5)31(45)36-25)28(44)16-24-15-20(3)39-47-24/h6-8,10-11,15,19,21-22,25H,9,12-14,16-18H2,1-5H3,(H,33,42)(H,34,43)(H,35,46)(H,36,45)/t21-,22+,25+/m0/s1. The van der Waals surface area contributed by atoms with Gasteiger partial charge in [-0.25, -0.2) is 9.67 Å². The van der Waals surface area contributed by atoms with Crippen molar-refractivity contribution in [3.63, 3.8) is 0 Å². The average molecular weight is 650 g/mol. The number of aromatic nitrogens is 4. The predicted molar refractivity (Wildman–Crippen MR) is 170 cm³/mol. The molecule has 3 atom stereocenters. The maximum absolute atomic E-state index is 13.5. The number of amides is 5. The zero-order chi connectivity index (χ0) is 34.1. The molecule has 0 bridgehead atoms. The van der Waals surface area contributed by atoms with E-state index in [1.54, 1.807) is 19.9 Å². The number of nitrogens with zero attached hydrogens (tertiary/aromatic N) is 5. The highest BCUT2D eigenvalue weighted by Gasteiger charge is 2.29. The maximum atomic E-state index is 13.5. The van der Waals surface area contributed by atoms with Gasteiger partial charge in [0.1, 0.15) is 30.2 Å². The highest BCUT2D eigenvalue weighted by molar-refractivity contribution is 5.93. The van der Waals surface area contributed by atoms with Crippen molar-refractivity contribution in [2.24, 2.45) is 5.92 Å². The van der Waals surface area contributed by atoms with E-state index in [1.165, 1.54) is 16.5 Å². The zero-order valence-corrected chi connectivity index (χ0v) is 27.4. The lowest BCUT2D eigenvalue weighted by molar-refractivity contribution is -0.137. The van der Waals surface area contributed by atoms with Gasteiger partial charge in [-0.1, -0.05) is 49.3 Å². The molecule has 1 aromatic carbocycles. The molecule has 4 rings (SSSR count). The first-order valence-corrected chi connectivity index (χ1v) is 15.8. The normalized spacial score (nSPS) is 20.6. The number of benzene rings is 1. The number of hydrogen-bond donors (Lipinski definition) is 4. The van der Waals surface area contributed by atoms with Crippen LogP contribution in [0.2, 0.25) is 0 Å². The van der Waals surface area contributed by atoms with Crippen LogP contribution in [0.1, 0.15) is 63.9 Å². The molecule has 4 N–H and O–H groups in total. The Balaban J connectivity index is 1.60. The third-order valence-corrected chi connectivity index (χ3v) is 7.50. The minimum absolute atomic E-state index is 0.0533. The van der Waals surface area contributed by atoms with Crippen molar-refractivity contribution in [2.45, 2.75) is 78.6 Å². The maximum Gasteiger partial charge on any atom is 0.243 e. The van der Waals surface area contributed by atoms with E-state index in [4.69, 9.17) is 4.52 Å². The molecule has 0 saturated carbocycles. The van der Waals surface area contributed by atoms with E-state index >= 15 is 0 Å². The number of aryl methyl sites for hydroxylation is 1. The highest BCUT2D eigenvalue weighted by Crippen LogP contribution is 2.19. The lowest BCUT2D eigenvalue weighted by Crippen LogP contribution is -2.54. The number of nitrogens with one attached hydrogen (secondary N) is 4. The van der Waals surface area contributed by atoms with E-state index in [-0.39, 0.29) is 50.3 Å². The van der Waals surface area contributed by atoms with E-state index in [2.05, 4.69) is 36.5 Å². The van der Waals surface area contributed by atoms with E-state index in [1.807, 2.05) is 44.2 Å². The quantitative estimate of drug-likeness (QED) is 0.313. The Morgan fingerprint density at radius 2 is 1.72 bits per heavy atom. The topological polar surface area (TPSA) is 193 Å². The molecule has 0 fully saturated rings. The van der Waals surface area contributed by atoms with Crippen molar-refractivity contribution in [3.05, 3.63) is 53.7 Å². The second-order valence-electron chi connectivity index (χ2n) is 12.2. The fraction of sp³-hybridized carbons (Fsp3) is 0.500. The molecule has 15 heteroatoms. The van der Waals surface area contributed by atoms with Crippen molar-refractivity contribution in [3.8, 4) is 11.4 Å². The van der Waals surface area contributed by atoms with Crippen LogP contribution in [-0.4, -0.2) is 86.1 Å². The molecular weight excluding hydrogens is 606 g/mol. The van der Waals surface area contributed by atoms with Crippen molar-refractivity contribution in [1.82, 2.24) is 46.1 Å². The number of fused-ring (bicyclic) bond motifs is 1. The molecule has 0 aliphatic carbocycles. The first-order valence-electron chi connectivity index (χ1n) is 15.8. The first kappa shape index (κ1) is 34.8. The smallest absolute Gasteiger partial charge is 0.243 e. The summed E-state index contributed by atoms with van der Waals surface area (Å²) in [6, 6.07) is 8.34. The molecule has 47 heavy (non-hydrogen) atoms. The Labute approximate surface area is 273 Å². The molecule has 1 aliphatic rings. The number of rotatable bonds is 5. The third-order valence-electron chi connectivity index (χ3n) is 7.50. The molecule has 3 aromatic rings. The summed E-state index contributed by atoms with van der Waals surface area (Å²) in [4.78, 5) is 72.0. The van der Waals surface area contributed by atoms with Crippen molar-refractivity contribution >= 4 is 29.5 Å². The van der Waals surface area contributed by atoms with E-state index in [0.717, 1.165) is 5.56 Å². The molecule has 0 radical (unpaired) electrons. The van der Waals surface area contributed by atoms with Crippen LogP contribution in [-0.2, 0) is 36.9 Å². The Morgan fingerprint density at radius 3 is 2.40 bits per heavy atom. The number of carbonyl (C=O) groups excluding carboxylic acids is 5. The Bertz CT molecular complexity index is 1570. The van der Waals surface area contributed by atoms with Gasteiger partial charge >= 0.3 is 0 Å². The van der Waals surface area contributed by atoms with Crippen LogP contribution in [0.3, 0.4) is 0 Å². The third kappa shape index (κ3) is 9.95. The number of hydrogen-bond acceptors (Lipinski definition) is 9. The minimum Gasteiger partial charge on any atom is -0.361 e. The van der Waals surface area contributed by atoms with Gasteiger partial charge in [-0.2, -0.15) is 5.10 Å². The second kappa shape index (κ2) is 16.0. The monoisotopic (exact) mass is 649 g/mol. The van der Waals surface area contributed by atoms with Gasteiger partial charge < -0.3 is 30.7 Å². The molecule has 2 aromatic heterocycles. The summed E-state index contributed by atoms with van der Waals surface area (Å²) in [6.07, 6.45) is 0.567. The second-order valence-corrected chi connectivity index (χ2v) is 12.2. The van der Waals surface area contributed by atoms with Gasteiger partial charge in [-0.15, -0.1) is 0 Å². The van der Waals surface area contributed by atoms with Gasteiger partial charge in [0, 0.05) is 24.7 Å². The summed E-state index contributed by atoms with van der Waals surface area (Å²) in [5.74, 6) is -1.12. The zero-order valence-electron chi connectivity index (χ0n) is 27.4. The van der Waals surface area contributed by atoms with Crippen molar-refractivity contribution in [1.29, 1.82) is 0 Å². The summed E-state index contributed by atoms with van der Waals surface area (Å²) in [7, 11) is 0. The summed E-state index contributed by atoms with van der Waals surface area (Å²) in [6.45, 7) is 8.70. The highest BCUT2D eigenvalue weighted by atomic mass is 16.5. The van der Waals surface area contributed by atoms with E-state index in [9.17, 15) is 24.0 Å². The van der Waals surface area contributed by atoms with Crippen LogP contribution >= 0.6 is 0 Å². The van der Waals surface area contributed by atoms with E-state index < -0.39 is 35.8 Å². The lowest BCUT2D eigenvalue weighted by Gasteiger charge is -2.25. The largest absolute Gasteiger partial charge is 0.361 e. The Morgan fingerprint density at radius 1 is 0.979 bits per heavy atom.